The van der Waals surface area contributed by atoms with Gasteiger partial charge in [0, 0.05) is 17.4 Å². The van der Waals surface area contributed by atoms with Gasteiger partial charge in [-0.3, -0.25) is 4.79 Å². The number of ether oxygens (including phenoxy) is 4. The summed E-state index contributed by atoms with van der Waals surface area (Å²) < 4.78 is 62.5. The molecule has 9 heteroatoms. The predicted octanol–water partition coefficient (Wildman–Crippen LogP) is 29.4. The van der Waals surface area contributed by atoms with Crippen LogP contribution in [0.5, 0.6) is 40.2 Å². The number of carbonyl (C=O) groups excluding carboxylic acids is 2. The van der Waals surface area contributed by atoms with Gasteiger partial charge in [-0.1, -0.05) is 305 Å². The molecule has 586 valence electrons. The highest BCUT2D eigenvalue weighted by Gasteiger charge is 2.34. The van der Waals surface area contributed by atoms with Crippen LogP contribution in [0.15, 0.2) is 315 Å². The molecule has 14 aromatic rings. The van der Waals surface area contributed by atoms with Crippen LogP contribution in [0.3, 0.4) is 0 Å². The van der Waals surface area contributed by atoms with Crippen LogP contribution in [-0.4, -0.2) is 11.8 Å². The average Bonchev–Trinajstić information content (AvgIpc) is 0.802. The van der Waals surface area contributed by atoms with E-state index in [1.165, 1.54) is 84.0 Å². The average molecular weight is 1530 g/mol. The lowest BCUT2D eigenvalue weighted by Gasteiger charge is -2.26. The third-order valence-electron chi connectivity index (χ3n) is 19.5. The number of halogens is 3. The third-order valence-corrected chi connectivity index (χ3v) is 19.5. The first kappa shape index (κ1) is 86.4. The molecule has 0 aliphatic rings. The lowest BCUT2D eigenvalue weighted by Crippen LogP contribution is -2.18. The number of hydrogen-bond acceptors (Lipinski definition) is 6. The fourth-order valence-corrected chi connectivity index (χ4v) is 12.4. The summed E-state index contributed by atoms with van der Waals surface area (Å²) in [6.07, 6.45) is -3.86. The van der Waals surface area contributed by atoms with Crippen LogP contribution in [0.2, 0.25) is 0 Å². The topological polar surface area (TPSA) is 71.1 Å². The predicted molar refractivity (Wildman–Crippen MR) is 470 cm³/mol. The van der Waals surface area contributed by atoms with Crippen molar-refractivity contribution >= 4 is 11.8 Å². The standard InChI is InChI=1S/C29H28O2.C16H15F3.C16H18O.C16H16O.C15H14O2.C14H14/c1-21-5-13-25(14-6-21)30-27-17-9-23(10-18-27)29(3,4)24-11-19-28(20-12-24)31-26-15-7-22(2)8-16-26;1-10-4-6-13(12(3)8-10)14-7-5-11(2)9-15(14)16(17,18)19;1-11-5-7-15(13(3)9-11)17-16-8-6-12(2)10-14(16)4;1-12-3-7-14(8-4-12)11-16(17)15-9-5-13(2)6-10-15;1-11-3-7-13(8-4-11)15(16)17-14-9-5-12(2)6-10-14;1-11-3-7-13(8-4-11)14-9-5-12(2)6-10-14/h5-20H,1-4H3;4-9H,1-3H3;5-10H,1-4H3;3-10H,11H2,1-2H3;3-10H,1-2H3;3-10H,1-2H3. The first-order valence-corrected chi connectivity index (χ1v) is 38.7. The molecule has 6 nitrogen and oxygen atoms in total. The van der Waals surface area contributed by atoms with Crippen molar-refractivity contribution in [2.75, 3.05) is 0 Å². The largest absolute Gasteiger partial charge is 0.457 e. The summed E-state index contributed by atoms with van der Waals surface area (Å²) in [6, 6.07) is 103. The Morgan fingerprint density at radius 1 is 0.278 bits per heavy atom. The monoisotopic (exact) mass is 1530 g/mol. The number of aryl methyl sites for hydroxylation is 15. The Morgan fingerprint density at radius 3 is 0.922 bits per heavy atom. The van der Waals surface area contributed by atoms with Crippen LogP contribution in [0, 0.1) is 104 Å². The summed E-state index contributed by atoms with van der Waals surface area (Å²) in [5, 5.41) is 0. The minimum absolute atomic E-state index is 0.134. The molecule has 14 aromatic carbocycles. The van der Waals surface area contributed by atoms with E-state index in [4.69, 9.17) is 18.9 Å². The van der Waals surface area contributed by atoms with Gasteiger partial charge in [-0.15, -0.1) is 0 Å². The lowest BCUT2D eigenvalue weighted by atomic mass is 9.78. The van der Waals surface area contributed by atoms with Gasteiger partial charge in [0.15, 0.2) is 5.78 Å². The van der Waals surface area contributed by atoms with Crippen molar-refractivity contribution in [3.63, 3.8) is 0 Å². The number of benzene rings is 14. The van der Waals surface area contributed by atoms with Crippen LogP contribution in [0.4, 0.5) is 13.2 Å². The van der Waals surface area contributed by atoms with Gasteiger partial charge in [-0.25, -0.2) is 4.79 Å². The van der Waals surface area contributed by atoms with Crippen molar-refractivity contribution in [3.8, 4) is 62.5 Å². The van der Waals surface area contributed by atoms with Gasteiger partial charge in [0.05, 0.1) is 11.1 Å². The van der Waals surface area contributed by atoms with Crippen LogP contribution >= 0.6 is 0 Å². The van der Waals surface area contributed by atoms with E-state index in [-0.39, 0.29) is 22.7 Å². The number of esters is 1. The Kier molecular flexibility index (Phi) is 30.6. The molecule has 0 unspecified atom stereocenters. The minimum Gasteiger partial charge on any atom is -0.457 e. The van der Waals surface area contributed by atoms with Gasteiger partial charge in [-0.2, -0.15) is 13.2 Å². The molecule has 0 aliphatic carbocycles. The molecule has 0 fully saturated rings. The van der Waals surface area contributed by atoms with Crippen molar-refractivity contribution in [1.29, 1.82) is 0 Å². The Bertz CT molecular complexity index is 5170. The van der Waals surface area contributed by atoms with E-state index >= 15 is 0 Å². The van der Waals surface area contributed by atoms with Crippen molar-refractivity contribution in [2.24, 2.45) is 0 Å². The Morgan fingerprint density at radius 2 is 0.565 bits per heavy atom. The van der Waals surface area contributed by atoms with Crippen molar-refractivity contribution < 1.29 is 41.7 Å². The molecule has 0 saturated carbocycles. The van der Waals surface area contributed by atoms with Crippen LogP contribution in [0.25, 0.3) is 22.3 Å². The second kappa shape index (κ2) is 40.7. The molecule has 0 heterocycles. The number of ketones is 1. The Hall–Kier alpha value is -12.6. The van der Waals surface area contributed by atoms with Crippen LogP contribution < -0.4 is 18.9 Å². The number of Topliss-reactive ketones (excluding diaryl/α,β-unsaturated/α-hetero) is 1. The van der Waals surface area contributed by atoms with Crippen LogP contribution in [-0.2, 0) is 18.0 Å². The maximum Gasteiger partial charge on any atom is 0.417 e. The number of alkyl halides is 3. The fourth-order valence-electron chi connectivity index (χ4n) is 12.4. The molecule has 0 atom stereocenters. The zero-order chi connectivity index (χ0) is 82.9. The summed E-state index contributed by atoms with van der Waals surface area (Å²) in [5.41, 5.74) is 24.7. The van der Waals surface area contributed by atoms with Gasteiger partial charge in [-0.05, 0) is 250 Å². The number of hydrogen-bond donors (Lipinski definition) is 0. The second-order valence-electron chi connectivity index (χ2n) is 30.3. The van der Waals surface area contributed by atoms with E-state index in [1.54, 1.807) is 49.4 Å². The SMILES string of the molecule is Cc1ccc(-c2ccc(C)cc2)cc1.Cc1ccc(-c2ccc(C)cc2C(F)(F)F)c(C)c1.Cc1ccc(CC(=O)c2ccc(C)cc2)cc1.Cc1ccc(OC(=O)c2ccc(C)cc2)cc1.Cc1ccc(Oc2ccc(C(C)(C)c3ccc(Oc4ccc(C)cc4)cc3)cc2)cc1.Cc1ccc(Oc2ccc(C)cc2C)c(C)c1. The Balaban J connectivity index is 0.000000161. The first-order chi connectivity index (χ1) is 54.8. The van der Waals surface area contributed by atoms with E-state index in [2.05, 4.69) is 191 Å². The summed E-state index contributed by atoms with van der Waals surface area (Å²) in [4.78, 5) is 23.8. The minimum atomic E-state index is -4.33. The number of rotatable bonds is 15. The van der Waals surface area contributed by atoms with Gasteiger partial charge in [0.1, 0.15) is 40.2 Å². The van der Waals surface area contributed by atoms with Gasteiger partial charge < -0.3 is 18.9 Å². The van der Waals surface area contributed by atoms with E-state index in [1.807, 2.05) is 187 Å². The molecule has 115 heavy (non-hydrogen) atoms. The van der Waals surface area contributed by atoms with Crippen molar-refractivity contribution in [2.45, 2.75) is 136 Å². The van der Waals surface area contributed by atoms with E-state index in [9.17, 15) is 22.8 Å². The van der Waals surface area contributed by atoms with Crippen molar-refractivity contribution in [3.05, 3.63) is 432 Å². The molecule has 14 rings (SSSR count). The maximum absolute atomic E-state index is 13.1. The number of carbonyl (C=O) groups is 2. The lowest BCUT2D eigenvalue weighted by molar-refractivity contribution is -0.137. The van der Waals surface area contributed by atoms with Crippen molar-refractivity contribution in [1.82, 2.24) is 0 Å². The zero-order valence-corrected chi connectivity index (χ0v) is 69.3. The molecule has 0 bridgehead atoms. The van der Waals surface area contributed by atoms with Gasteiger partial charge in [0.25, 0.3) is 0 Å². The smallest absolute Gasteiger partial charge is 0.417 e. The van der Waals surface area contributed by atoms with E-state index in [0.29, 0.717) is 28.9 Å². The maximum atomic E-state index is 13.1. The first-order valence-electron chi connectivity index (χ1n) is 38.7. The highest BCUT2D eigenvalue weighted by atomic mass is 19.4. The van der Waals surface area contributed by atoms with E-state index < -0.39 is 11.7 Å². The Labute approximate surface area is 680 Å². The molecular formula is C106H105F3O6. The molecule has 0 saturated heterocycles. The fraction of sp³-hybridized carbons (Fsp3) is 0.189. The van der Waals surface area contributed by atoms with E-state index in [0.717, 1.165) is 67.9 Å². The van der Waals surface area contributed by atoms with Gasteiger partial charge in [0.2, 0.25) is 0 Å². The molecule has 0 aliphatic heterocycles. The summed E-state index contributed by atoms with van der Waals surface area (Å²) in [7, 11) is 0. The van der Waals surface area contributed by atoms with Crippen LogP contribution in [0.1, 0.15) is 140 Å². The summed E-state index contributed by atoms with van der Waals surface area (Å²) >= 11 is 0. The molecule has 0 N–H and O–H groups in total. The molecule has 0 radical (unpaired) electrons. The summed E-state index contributed by atoms with van der Waals surface area (Å²) in [5.74, 6) is 5.66. The molecule has 0 aromatic heterocycles. The zero-order valence-electron chi connectivity index (χ0n) is 69.3. The summed E-state index contributed by atoms with van der Waals surface area (Å²) in [6.45, 7) is 34.6. The highest BCUT2D eigenvalue weighted by Crippen LogP contribution is 2.40. The molecular weight excluding hydrogens is 1430 g/mol. The second-order valence-corrected chi connectivity index (χ2v) is 30.3. The normalized spacial score (nSPS) is 10.7. The molecule has 0 amide bonds. The highest BCUT2D eigenvalue weighted by molar-refractivity contribution is 5.97. The van der Waals surface area contributed by atoms with Gasteiger partial charge >= 0.3 is 12.1 Å². The quantitative estimate of drug-likeness (QED) is 0.0579. The molecule has 0 spiro atoms. The third kappa shape index (κ3) is 26.8.